The van der Waals surface area contributed by atoms with E-state index >= 15 is 0 Å². The fourth-order valence-corrected chi connectivity index (χ4v) is 14.5. The van der Waals surface area contributed by atoms with E-state index in [2.05, 4.69) is 58.8 Å². The molecule has 7 rings (SSSR count). The summed E-state index contributed by atoms with van der Waals surface area (Å²) in [6, 6.07) is 11.0. The molecule has 0 saturated heterocycles. The van der Waals surface area contributed by atoms with Crippen LogP contribution in [-0.2, 0) is 22.6 Å². The molecule has 0 radical (unpaired) electrons. The summed E-state index contributed by atoms with van der Waals surface area (Å²) >= 11 is 1.30. The third kappa shape index (κ3) is 5.95. The zero-order valence-electron chi connectivity index (χ0n) is 33.1. The Kier molecular flexibility index (Phi) is 9.87. The Hall–Kier alpha value is -2.97. The van der Waals surface area contributed by atoms with Crippen molar-refractivity contribution < 1.29 is 24.2 Å². The number of methoxy groups -OCH3 is 1. The molecule has 1 aromatic carbocycles. The highest BCUT2D eigenvalue weighted by atomic mass is 32.1. The van der Waals surface area contributed by atoms with Crippen molar-refractivity contribution in [3.63, 3.8) is 0 Å². The summed E-state index contributed by atoms with van der Waals surface area (Å²) in [7, 11) is 1.36. The summed E-state index contributed by atoms with van der Waals surface area (Å²) in [5.74, 6) is 1.85. The molecule has 4 unspecified atom stereocenters. The van der Waals surface area contributed by atoms with Gasteiger partial charge in [0.2, 0.25) is 5.91 Å². The molecule has 10 atom stereocenters. The Morgan fingerprint density at radius 2 is 1.64 bits per heavy atom. The first-order valence-corrected chi connectivity index (χ1v) is 21.0. The lowest BCUT2D eigenvalue weighted by Crippen LogP contribution is -2.67. The van der Waals surface area contributed by atoms with Crippen molar-refractivity contribution in [2.24, 2.45) is 56.7 Å². The van der Waals surface area contributed by atoms with Crippen LogP contribution in [0.2, 0.25) is 0 Å². The second kappa shape index (κ2) is 13.6. The monoisotopic (exact) mass is 742 g/mol. The van der Waals surface area contributed by atoms with Gasteiger partial charge in [-0.1, -0.05) is 58.9 Å². The summed E-state index contributed by atoms with van der Waals surface area (Å²) in [5, 5.41) is 17.5. The van der Waals surface area contributed by atoms with E-state index in [1.807, 2.05) is 24.3 Å². The molecule has 2 aromatic rings. The van der Waals surface area contributed by atoms with Gasteiger partial charge in [0.1, 0.15) is 4.88 Å². The van der Waals surface area contributed by atoms with Crippen molar-refractivity contribution in [2.45, 2.75) is 125 Å². The number of esters is 1. The van der Waals surface area contributed by atoms with Crippen molar-refractivity contribution >= 4 is 29.1 Å². The number of aliphatic hydroxyl groups excluding tert-OH is 1. The molecule has 0 aliphatic heterocycles. The number of allylic oxidation sites excluding steroid dienone is 1. The van der Waals surface area contributed by atoms with Gasteiger partial charge in [-0.25, -0.2) is 4.79 Å². The van der Waals surface area contributed by atoms with Crippen LogP contribution in [0, 0.1) is 56.7 Å². The largest absolute Gasteiger partial charge is 0.465 e. The second-order valence-corrected chi connectivity index (χ2v) is 20.2. The van der Waals surface area contributed by atoms with Crippen LogP contribution in [-0.4, -0.2) is 36.1 Å². The average molecular weight is 743 g/mol. The number of carbonyl (C=O) groups excluding carboxylic acids is 3. The lowest BCUT2D eigenvalue weighted by atomic mass is 9.32. The number of benzene rings is 1. The fourth-order valence-electron chi connectivity index (χ4n) is 13.7. The summed E-state index contributed by atoms with van der Waals surface area (Å²) in [4.78, 5) is 41.0. The number of ether oxygens (including phenoxy) is 1. The Labute approximate surface area is 321 Å². The van der Waals surface area contributed by atoms with Crippen molar-refractivity contribution in [2.75, 3.05) is 7.11 Å². The predicted octanol–water partition coefficient (Wildman–Crippen LogP) is 9.10. The van der Waals surface area contributed by atoms with Crippen molar-refractivity contribution in [1.82, 2.24) is 10.6 Å². The van der Waals surface area contributed by atoms with Gasteiger partial charge in [-0.05, 0) is 152 Å². The Balaban J connectivity index is 1.08. The average Bonchev–Trinajstić information content (AvgIpc) is 3.78. The van der Waals surface area contributed by atoms with Crippen LogP contribution in [0.15, 0.2) is 48.6 Å². The number of hydrogen-bond acceptors (Lipinski definition) is 6. The molecule has 1 aromatic heterocycles. The summed E-state index contributed by atoms with van der Waals surface area (Å²) < 4.78 is 4.80. The molecule has 8 heteroatoms. The number of nitrogens with one attached hydrogen (secondary N) is 2. The first-order valence-electron chi connectivity index (χ1n) is 20.2. The van der Waals surface area contributed by atoms with Gasteiger partial charge in [-0.3, -0.25) is 9.59 Å². The molecule has 5 fully saturated rings. The molecular formula is C45H62N2O5S. The van der Waals surface area contributed by atoms with Gasteiger partial charge < -0.3 is 20.5 Å². The van der Waals surface area contributed by atoms with Gasteiger partial charge in [0.15, 0.2) is 0 Å². The minimum atomic E-state index is -0.409. The van der Waals surface area contributed by atoms with Crippen molar-refractivity contribution in [1.29, 1.82) is 0 Å². The highest BCUT2D eigenvalue weighted by molar-refractivity contribution is 7.13. The Morgan fingerprint density at radius 3 is 2.38 bits per heavy atom. The number of fused-ring (bicyclic) bond motifs is 7. The standard InChI is InChI=1S/C45H62N2O5S/c1-27(2)31-16-21-45(40(51)47-25-28-10-9-11-29(24-28)38(49)46-26-30-12-14-33(53-30)39(50)52-8)23-22-43(6)32(37(31)45)13-15-35-42(5)19-18-36(48)41(3,4)34(42)17-20-44(35,43)7/h9-12,14,24,31-32,34-37,48H,1,13,15-23,25-26H2,2-8H3,(H,46,49)(H,47,51)/t31-,32?,34?,35?,36-,37?,42-,43+,44+,45-/m0/s1. The van der Waals surface area contributed by atoms with E-state index in [9.17, 15) is 19.5 Å². The topological polar surface area (TPSA) is 105 Å². The van der Waals surface area contributed by atoms with Crippen molar-refractivity contribution in [3.8, 4) is 0 Å². The van der Waals surface area contributed by atoms with Crippen LogP contribution in [0.3, 0.4) is 0 Å². The number of carbonyl (C=O) groups is 3. The summed E-state index contributed by atoms with van der Waals surface area (Å²) in [6.45, 7) is 19.9. The lowest BCUT2D eigenvalue weighted by molar-refractivity contribution is -0.246. The first-order chi connectivity index (χ1) is 25.0. The Bertz CT molecular complexity index is 1780. The maximum Gasteiger partial charge on any atom is 0.348 e. The van der Waals surface area contributed by atoms with E-state index in [-0.39, 0.29) is 51.5 Å². The predicted molar refractivity (Wildman–Crippen MR) is 210 cm³/mol. The number of amides is 2. The van der Waals surface area contributed by atoms with Gasteiger partial charge in [0.05, 0.1) is 25.2 Å². The minimum absolute atomic E-state index is 0.0623. The van der Waals surface area contributed by atoms with E-state index < -0.39 is 5.41 Å². The van der Waals surface area contributed by atoms with Crippen LogP contribution in [0.25, 0.3) is 0 Å². The molecule has 7 nitrogen and oxygen atoms in total. The van der Waals surface area contributed by atoms with Crippen LogP contribution in [0.5, 0.6) is 0 Å². The molecule has 0 bridgehead atoms. The fraction of sp³-hybridized carbons (Fsp3) is 0.667. The maximum absolute atomic E-state index is 14.7. The molecule has 2 amide bonds. The Morgan fingerprint density at radius 1 is 0.868 bits per heavy atom. The maximum atomic E-state index is 14.7. The number of rotatable bonds is 8. The highest BCUT2D eigenvalue weighted by Gasteiger charge is 2.71. The molecular weight excluding hydrogens is 681 g/mol. The second-order valence-electron chi connectivity index (χ2n) is 19.0. The number of aliphatic hydroxyl groups is 1. The third-order valence-corrected chi connectivity index (χ3v) is 17.7. The van der Waals surface area contributed by atoms with Gasteiger partial charge in [-0.15, -0.1) is 11.3 Å². The van der Waals surface area contributed by atoms with E-state index in [4.69, 9.17) is 4.74 Å². The molecule has 53 heavy (non-hydrogen) atoms. The van der Waals surface area contributed by atoms with Crippen LogP contribution < -0.4 is 10.6 Å². The summed E-state index contributed by atoms with van der Waals surface area (Å²) in [6.07, 6.45) is 10.5. The normalized spacial score (nSPS) is 38.3. The van der Waals surface area contributed by atoms with E-state index in [1.165, 1.54) is 43.3 Å². The molecule has 1 heterocycles. The van der Waals surface area contributed by atoms with E-state index in [1.54, 1.807) is 12.1 Å². The SMILES string of the molecule is C=C(C)[C@@H]1CC[C@]2(C(=O)NCc3cccc(C(=O)NCc4ccc(C(=O)OC)s4)c3)CC[C@]3(C)C(CCC4[C@@]5(C)CC[C@H](O)C(C)(C)C5CC[C@]43C)C12. The van der Waals surface area contributed by atoms with E-state index in [0.717, 1.165) is 55.4 Å². The van der Waals surface area contributed by atoms with Crippen LogP contribution >= 0.6 is 11.3 Å². The zero-order valence-corrected chi connectivity index (χ0v) is 33.9. The molecule has 0 spiro atoms. The van der Waals surface area contributed by atoms with Gasteiger partial charge in [0.25, 0.3) is 5.91 Å². The molecule has 5 saturated carbocycles. The van der Waals surface area contributed by atoms with Gasteiger partial charge in [-0.2, -0.15) is 0 Å². The molecule has 288 valence electrons. The number of thiophene rings is 1. The third-order valence-electron chi connectivity index (χ3n) is 16.6. The molecule has 5 aliphatic rings. The van der Waals surface area contributed by atoms with Gasteiger partial charge in [0, 0.05) is 17.0 Å². The lowest BCUT2D eigenvalue weighted by Gasteiger charge is -2.72. The smallest absolute Gasteiger partial charge is 0.348 e. The molecule has 5 aliphatic carbocycles. The number of hydrogen-bond donors (Lipinski definition) is 3. The highest BCUT2D eigenvalue weighted by Crippen LogP contribution is 2.77. The van der Waals surface area contributed by atoms with Crippen molar-refractivity contribution in [3.05, 3.63) is 69.4 Å². The minimum Gasteiger partial charge on any atom is -0.465 e. The molecule has 3 N–H and O–H groups in total. The summed E-state index contributed by atoms with van der Waals surface area (Å²) in [5.41, 5.74) is 2.75. The first kappa shape index (κ1) is 38.3. The van der Waals surface area contributed by atoms with Gasteiger partial charge >= 0.3 is 5.97 Å². The van der Waals surface area contributed by atoms with Crippen LogP contribution in [0.4, 0.5) is 0 Å². The zero-order chi connectivity index (χ0) is 38.1. The quantitative estimate of drug-likeness (QED) is 0.185. The van der Waals surface area contributed by atoms with Crippen LogP contribution in [0.1, 0.15) is 136 Å². The van der Waals surface area contributed by atoms with E-state index in [0.29, 0.717) is 47.2 Å².